The molecule has 1 heterocycles. The Labute approximate surface area is 109 Å². The first-order chi connectivity index (χ1) is 8.77. The first-order valence-electron chi connectivity index (χ1n) is 5.68. The average Bonchev–Trinajstić information content (AvgIpc) is 2.30. The van der Waals surface area contributed by atoms with Gasteiger partial charge in [0.05, 0.1) is 0 Å². The van der Waals surface area contributed by atoms with E-state index in [0.717, 1.165) is 5.56 Å². The molecule has 0 aromatic carbocycles. The molecule has 1 N–H and O–H groups in total. The summed E-state index contributed by atoms with van der Waals surface area (Å²) in [7, 11) is 1.68. The second kappa shape index (κ2) is 6.18. The van der Waals surface area contributed by atoms with Crippen LogP contribution in [0.3, 0.4) is 0 Å². The average molecular weight is 280 g/mol. The zero-order valence-corrected chi connectivity index (χ0v) is 10.9. The van der Waals surface area contributed by atoms with Crippen molar-refractivity contribution >= 4 is 0 Å². The highest BCUT2D eigenvalue weighted by Gasteiger charge is 2.42. The molecule has 1 aromatic rings. The molecule has 0 unspecified atom stereocenters. The molecule has 0 amide bonds. The van der Waals surface area contributed by atoms with Crippen LogP contribution in [0.5, 0.6) is 5.88 Å². The van der Waals surface area contributed by atoms with Crippen molar-refractivity contribution in [1.82, 2.24) is 10.3 Å². The number of rotatable bonds is 6. The van der Waals surface area contributed by atoms with E-state index in [4.69, 9.17) is 4.74 Å². The van der Waals surface area contributed by atoms with E-state index >= 15 is 0 Å². The van der Waals surface area contributed by atoms with Crippen LogP contribution in [0.25, 0.3) is 0 Å². The third-order valence-corrected chi connectivity index (χ3v) is 2.51. The van der Waals surface area contributed by atoms with E-state index < -0.39 is 19.0 Å². The van der Waals surface area contributed by atoms with Gasteiger partial charge in [0.25, 0.3) is 0 Å². The van der Waals surface area contributed by atoms with E-state index in [1.165, 1.54) is 0 Å². The number of ether oxygens (including phenoxy) is 1. The summed E-state index contributed by atoms with van der Waals surface area (Å²) in [5, 5.41) is 2.85. The number of pyridine rings is 1. The first kappa shape index (κ1) is 15.7. The van der Waals surface area contributed by atoms with Gasteiger partial charge >= 0.3 is 12.3 Å². The van der Waals surface area contributed by atoms with Gasteiger partial charge in [-0.1, -0.05) is 0 Å². The predicted octanol–water partition coefficient (Wildman–Crippen LogP) is 2.70. The zero-order valence-electron chi connectivity index (χ0n) is 10.9. The van der Waals surface area contributed by atoms with E-state index in [1.54, 1.807) is 27.0 Å². The van der Waals surface area contributed by atoms with Gasteiger partial charge in [0, 0.05) is 17.8 Å². The highest BCUT2D eigenvalue weighted by molar-refractivity contribution is 5.35. The summed E-state index contributed by atoms with van der Waals surface area (Å²) < 4.78 is 54.6. The molecule has 0 radical (unpaired) electrons. The van der Waals surface area contributed by atoms with Crippen LogP contribution in [0.4, 0.5) is 17.6 Å². The van der Waals surface area contributed by atoms with Crippen LogP contribution >= 0.6 is 0 Å². The van der Waals surface area contributed by atoms with Gasteiger partial charge in [-0.25, -0.2) is 13.8 Å². The molecule has 0 aliphatic heterocycles. The normalized spacial score (nSPS) is 12.0. The van der Waals surface area contributed by atoms with Crippen molar-refractivity contribution in [2.45, 2.75) is 32.7 Å². The number of halogens is 4. The molecule has 0 saturated heterocycles. The maximum absolute atomic E-state index is 12.8. The zero-order chi connectivity index (χ0) is 14.6. The van der Waals surface area contributed by atoms with Crippen LogP contribution in [0.15, 0.2) is 6.07 Å². The van der Waals surface area contributed by atoms with Crippen molar-refractivity contribution in [3.05, 3.63) is 22.9 Å². The Bertz CT molecular complexity index is 438. The summed E-state index contributed by atoms with van der Waals surface area (Å²) in [6.45, 7) is 2.42. The lowest BCUT2D eigenvalue weighted by Gasteiger charge is -2.18. The summed E-state index contributed by atoms with van der Waals surface area (Å²) >= 11 is 0. The fraction of sp³-hybridized carbons (Fsp3) is 0.583. The van der Waals surface area contributed by atoms with Gasteiger partial charge in [-0.15, -0.1) is 0 Å². The molecule has 3 nitrogen and oxygen atoms in total. The molecule has 0 aliphatic rings. The summed E-state index contributed by atoms with van der Waals surface area (Å²) in [6, 6.07) is 1.77. The van der Waals surface area contributed by atoms with Gasteiger partial charge in [-0.05, 0) is 32.5 Å². The molecule has 1 rings (SSSR count). The molecule has 108 valence electrons. The number of nitrogens with zero attached hydrogens (tertiary/aromatic N) is 1. The Hall–Kier alpha value is -1.37. The largest absolute Gasteiger partial charge is 0.471 e. The fourth-order valence-corrected chi connectivity index (χ4v) is 1.57. The number of aromatic nitrogens is 1. The molecule has 0 saturated carbocycles. The van der Waals surface area contributed by atoms with E-state index in [2.05, 4.69) is 10.3 Å². The third-order valence-electron chi connectivity index (χ3n) is 2.51. The Morgan fingerprint density at radius 3 is 2.53 bits per heavy atom. The van der Waals surface area contributed by atoms with Crippen LogP contribution < -0.4 is 10.1 Å². The number of hydrogen-bond donors (Lipinski definition) is 1. The number of hydrogen-bond acceptors (Lipinski definition) is 3. The molecule has 0 aliphatic carbocycles. The quantitative estimate of drug-likeness (QED) is 0.814. The molecular weight excluding hydrogens is 264 g/mol. The van der Waals surface area contributed by atoms with Gasteiger partial charge in [0.2, 0.25) is 5.88 Å². The van der Waals surface area contributed by atoms with Gasteiger partial charge < -0.3 is 10.1 Å². The maximum Gasteiger partial charge on any atom is 0.340 e. The third kappa shape index (κ3) is 4.05. The lowest BCUT2D eigenvalue weighted by Crippen LogP contribution is -2.34. The molecular formula is C12H16F4N2O. The molecule has 7 heteroatoms. The van der Waals surface area contributed by atoms with Crippen LogP contribution in [-0.2, 0) is 6.54 Å². The van der Waals surface area contributed by atoms with Crippen molar-refractivity contribution in [3.63, 3.8) is 0 Å². The number of alkyl halides is 4. The van der Waals surface area contributed by atoms with E-state index in [0.29, 0.717) is 17.8 Å². The maximum atomic E-state index is 12.8. The van der Waals surface area contributed by atoms with E-state index in [-0.39, 0.29) is 5.88 Å². The summed E-state index contributed by atoms with van der Waals surface area (Å²) in [6.07, 6.45) is -3.76. The fourth-order valence-electron chi connectivity index (χ4n) is 1.57. The predicted molar refractivity (Wildman–Crippen MR) is 62.9 cm³/mol. The lowest BCUT2D eigenvalue weighted by atomic mass is 10.1. The molecule has 0 fully saturated rings. The second-order valence-electron chi connectivity index (χ2n) is 4.24. The Kier molecular flexibility index (Phi) is 5.11. The summed E-state index contributed by atoms with van der Waals surface area (Å²) in [5.74, 6) is -4.22. The Morgan fingerprint density at radius 2 is 2.00 bits per heavy atom. The van der Waals surface area contributed by atoms with Crippen LogP contribution in [0, 0.1) is 13.8 Å². The summed E-state index contributed by atoms with van der Waals surface area (Å²) in [4.78, 5) is 3.97. The van der Waals surface area contributed by atoms with Crippen LogP contribution in [0.1, 0.15) is 16.8 Å². The molecule has 0 bridgehead atoms. The second-order valence-corrected chi connectivity index (χ2v) is 4.24. The van der Waals surface area contributed by atoms with Crippen molar-refractivity contribution in [2.24, 2.45) is 0 Å². The Morgan fingerprint density at radius 1 is 1.37 bits per heavy atom. The van der Waals surface area contributed by atoms with E-state index in [1.807, 2.05) is 0 Å². The highest BCUT2D eigenvalue weighted by atomic mass is 19.3. The monoisotopic (exact) mass is 280 g/mol. The number of nitrogens with one attached hydrogen (secondary N) is 1. The smallest absolute Gasteiger partial charge is 0.340 e. The van der Waals surface area contributed by atoms with Crippen molar-refractivity contribution in [3.8, 4) is 5.88 Å². The van der Waals surface area contributed by atoms with Crippen molar-refractivity contribution in [1.29, 1.82) is 0 Å². The van der Waals surface area contributed by atoms with Crippen molar-refractivity contribution in [2.75, 3.05) is 13.7 Å². The van der Waals surface area contributed by atoms with Crippen molar-refractivity contribution < 1.29 is 22.3 Å². The SMILES string of the molecule is CNCc1c(C)cc(C)nc1OCC(F)(F)C(F)F. The first-order valence-corrected chi connectivity index (χ1v) is 5.68. The molecule has 0 atom stereocenters. The minimum absolute atomic E-state index is 0.0350. The lowest BCUT2D eigenvalue weighted by molar-refractivity contribution is -0.148. The minimum atomic E-state index is -4.18. The van der Waals surface area contributed by atoms with E-state index in [9.17, 15) is 17.6 Å². The molecule has 0 spiro atoms. The van der Waals surface area contributed by atoms with Gasteiger partial charge in [-0.3, -0.25) is 0 Å². The standard InChI is InChI=1S/C12H16F4N2O/c1-7-4-8(2)18-10(9(7)5-17-3)19-6-12(15,16)11(13)14/h4,11,17H,5-6H2,1-3H3. The molecule has 19 heavy (non-hydrogen) atoms. The minimum Gasteiger partial charge on any atom is -0.471 e. The molecule has 1 aromatic heterocycles. The van der Waals surface area contributed by atoms with Gasteiger partial charge in [0.15, 0.2) is 6.61 Å². The topological polar surface area (TPSA) is 34.2 Å². The Balaban J connectivity index is 2.94. The van der Waals surface area contributed by atoms with Crippen LogP contribution in [0.2, 0.25) is 0 Å². The van der Waals surface area contributed by atoms with Gasteiger partial charge in [0.1, 0.15) is 0 Å². The van der Waals surface area contributed by atoms with Gasteiger partial charge in [-0.2, -0.15) is 8.78 Å². The van der Waals surface area contributed by atoms with Crippen LogP contribution in [-0.4, -0.2) is 31.0 Å². The highest BCUT2D eigenvalue weighted by Crippen LogP contribution is 2.26. The number of aryl methyl sites for hydroxylation is 2. The summed E-state index contributed by atoms with van der Waals surface area (Å²) in [5.41, 5.74) is 1.96.